The van der Waals surface area contributed by atoms with Crippen LogP contribution in [-0.4, -0.2) is 15.5 Å². The van der Waals surface area contributed by atoms with Crippen LogP contribution in [0.2, 0.25) is 0 Å². The van der Waals surface area contributed by atoms with Crippen LogP contribution in [0.4, 0.5) is 0 Å². The molecule has 0 aliphatic carbocycles. The van der Waals surface area contributed by atoms with Crippen LogP contribution in [0.15, 0.2) is 93.0 Å². The van der Waals surface area contributed by atoms with E-state index in [4.69, 9.17) is 13.3 Å². The molecule has 0 atom stereocenters. The van der Waals surface area contributed by atoms with Crippen molar-refractivity contribution in [1.82, 2.24) is 0 Å². The maximum atomic E-state index is 13.1. The zero-order chi connectivity index (χ0) is 20.4. The molecule has 146 valence electrons. The molecule has 0 saturated carbocycles. The molecule has 4 aromatic rings. The first-order valence-corrected chi connectivity index (χ1v) is 10.1. The molecule has 0 aliphatic rings. The van der Waals surface area contributed by atoms with E-state index in [2.05, 4.69) is 0 Å². The maximum absolute atomic E-state index is 13.1. The average molecular weight is 408 g/mol. The smallest absolute Gasteiger partial charge is 0.339 e. The molecule has 3 aromatic carbocycles. The molecular formula is C22H16O6S. The molecule has 29 heavy (non-hydrogen) atoms. The fraction of sp³-hybridized carbons (Fsp3) is 0.0455. The Bertz CT molecular complexity index is 1320. The summed E-state index contributed by atoms with van der Waals surface area (Å²) in [7, 11) is -2.70. The fourth-order valence-corrected chi connectivity index (χ4v) is 3.84. The molecule has 0 N–H and O–H groups in total. The third-order valence-corrected chi connectivity index (χ3v) is 5.57. The van der Waals surface area contributed by atoms with Crippen molar-refractivity contribution >= 4 is 21.1 Å². The van der Waals surface area contributed by atoms with E-state index in [-0.39, 0.29) is 16.0 Å². The molecule has 0 aliphatic heterocycles. The third-order valence-electron chi connectivity index (χ3n) is 4.33. The minimum Gasteiger partial charge on any atom is -0.497 e. The van der Waals surface area contributed by atoms with E-state index >= 15 is 0 Å². The molecule has 0 unspecified atom stereocenters. The Hall–Kier alpha value is -3.58. The monoisotopic (exact) mass is 408 g/mol. The van der Waals surface area contributed by atoms with Crippen LogP contribution in [0.1, 0.15) is 0 Å². The molecule has 1 aromatic heterocycles. The quantitative estimate of drug-likeness (QED) is 0.460. The second kappa shape index (κ2) is 7.44. The fourth-order valence-electron chi connectivity index (χ4n) is 2.88. The van der Waals surface area contributed by atoms with Gasteiger partial charge in [0.15, 0.2) is 5.76 Å². The lowest BCUT2D eigenvalue weighted by atomic mass is 10.1. The van der Waals surface area contributed by atoms with Crippen LogP contribution < -0.4 is 14.3 Å². The number of ether oxygens (including phenoxy) is 1. The maximum Gasteiger partial charge on any atom is 0.339 e. The Morgan fingerprint density at radius 1 is 0.828 bits per heavy atom. The van der Waals surface area contributed by atoms with Gasteiger partial charge >= 0.3 is 10.1 Å². The van der Waals surface area contributed by atoms with Gasteiger partial charge in [-0.1, -0.05) is 30.3 Å². The highest BCUT2D eigenvalue weighted by molar-refractivity contribution is 7.87. The summed E-state index contributed by atoms with van der Waals surface area (Å²) in [6, 6.07) is 20.9. The highest BCUT2D eigenvalue weighted by Gasteiger charge is 2.24. The molecule has 1 heterocycles. The largest absolute Gasteiger partial charge is 0.497 e. The van der Waals surface area contributed by atoms with Crippen molar-refractivity contribution in [2.24, 2.45) is 0 Å². The number of rotatable bonds is 5. The first kappa shape index (κ1) is 18.8. The molecule has 6 nitrogen and oxygen atoms in total. The lowest BCUT2D eigenvalue weighted by molar-refractivity contribution is 0.415. The normalized spacial score (nSPS) is 11.3. The highest BCUT2D eigenvalue weighted by atomic mass is 32.2. The van der Waals surface area contributed by atoms with Crippen molar-refractivity contribution in [3.63, 3.8) is 0 Å². The van der Waals surface area contributed by atoms with E-state index in [0.29, 0.717) is 16.9 Å². The molecule has 7 heteroatoms. The summed E-state index contributed by atoms with van der Waals surface area (Å²) < 4.78 is 41.8. The van der Waals surface area contributed by atoms with Gasteiger partial charge in [0, 0.05) is 5.56 Å². The first-order chi connectivity index (χ1) is 14.0. The summed E-state index contributed by atoms with van der Waals surface area (Å²) in [5.41, 5.74) is 0.233. The van der Waals surface area contributed by atoms with Crippen molar-refractivity contribution in [2.75, 3.05) is 7.11 Å². The summed E-state index contributed by atoms with van der Waals surface area (Å²) in [4.78, 5) is 13.0. The van der Waals surface area contributed by atoms with Gasteiger partial charge in [0.25, 0.3) is 0 Å². The van der Waals surface area contributed by atoms with Gasteiger partial charge in [-0.2, -0.15) is 8.42 Å². The molecule has 4 rings (SSSR count). The topological polar surface area (TPSA) is 82.8 Å². The van der Waals surface area contributed by atoms with E-state index in [0.717, 1.165) is 0 Å². The van der Waals surface area contributed by atoms with Crippen LogP contribution in [0.3, 0.4) is 0 Å². The summed E-state index contributed by atoms with van der Waals surface area (Å²) >= 11 is 0. The Morgan fingerprint density at radius 3 is 2.17 bits per heavy atom. The third kappa shape index (κ3) is 3.60. The summed E-state index contributed by atoms with van der Waals surface area (Å²) in [6.07, 6.45) is 0. The second-order valence-corrected chi connectivity index (χ2v) is 7.71. The van der Waals surface area contributed by atoms with Gasteiger partial charge in [0.1, 0.15) is 16.2 Å². The zero-order valence-electron chi connectivity index (χ0n) is 15.4. The molecule has 0 fully saturated rings. The van der Waals surface area contributed by atoms with E-state index < -0.39 is 21.3 Å². The SMILES string of the molecule is COc1ccc(-c2oc3ccccc3c(=O)c2OS(=O)(=O)c2ccccc2)cc1. The Balaban J connectivity index is 1.93. The van der Waals surface area contributed by atoms with E-state index in [1.54, 1.807) is 66.7 Å². The van der Waals surface area contributed by atoms with Gasteiger partial charge in [0.2, 0.25) is 11.2 Å². The second-order valence-electron chi connectivity index (χ2n) is 6.16. The molecular weight excluding hydrogens is 392 g/mol. The first-order valence-electron chi connectivity index (χ1n) is 8.69. The van der Waals surface area contributed by atoms with E-state index in [1.165, 1.54) is 19.2 Å². The van der Waals surface area contributed by atoms with Crippen LogP contribution in [0, 0.1) is 0 Å². The van der Waals surface area contributed by atoms with Crippen LogP contribution in [0.25, 0.3) is 22.3 Å². The van der Waals surface area contributed by atoms with Crippen molar-refractivity contribution in [3.8, 4) is 22.8 Å². The average Bonchev–Trinajstić information content (AvgIpc) is 2.76. The number of benzene rings is 3. The molecule has 0 amide bonds. The van der Waals surface area contributed by atoms with Gasteiger partial charge in [-0.3, -0.25) is 4.79 Å². The van der Waals surface area contributed by atoms with Crippen LogP contribution >= 0.6 is 0 Å². The molecule has 0 saturated heterocycles. The van der Waals surface area contributed by atoms with Gasteiger partial charge in [-0.15, -0.1) is 0 Å². The van der Waals surface area contributed by atoms with Gasteiger partial charge in [0.05, 0.1) is 12.5 Å². The lowest BCUT2D eigenvalue weighted by Gasteiger charge is -2.12. The Kier molecular flexibility index (Phi) is 4.82. The van der Waals surface area contributed by atoms with Crippen molar-refractivity contribution in [1.29, 1.82) is 0 Å². The van der Waals surface area contributed by atoms with Crippen molar-refractivity contribution in [3.05, 3.63) is 89.1 Å². The highest BCUT2D eigenvalue weighted by Crippen LogP contribution is 2.33. The number of fused-ring (bicyclic) bond motifs is 1. The predicted molar refractivity (Wildman–Crippen MR) is 109 cm³/mol. The number of hydrogen-bond donors (Lipinski definition) is 0. The Labute approximate surface area is 167 Å². The van der Waals surface area contributed by atoms with E-state index in [9.17, 15) is 13.2 Å². The zero-order valence-corrected chi connectivity index (χ0v) is 16.2. The summed E-state index contributed by atoms with van der Waals surface area (Å²) in [5.74, 6) is 0.241. The molecule has 0 spiro atoms. The van der Waals surface area contributed by atoms with Gasteiger partial charge in [-0.25, -0.2) is 0 Å². The standard InChI is InChI=1S/C22H16O6S/c1-26-16-13-11-15(12-14-16)21-22(20(23)18-9-5-6-10-19(18)27-21)28-29(24,25)17-7-3-2-4-8-17/h2-14H,1H3. The number of methoxy groups -OCH3 is 1. The number of para-hydroxylation sites is 1. The van der Waals surface area contributed by atoms with Gasteiger partial charge in [-0.05, 0) is 48.5 Å². The summed E-state index contributed by atoms with van der Waals surface area (Å²) in [6.45, 7) is 0. The van der Waals surface area contributed by atoms with Crippen molar-refractivity contribution in [2.45, 2.75) is 4.90 Å². The lowest BCUT2D eigenvalue weighted by Crippen LogP contribution is -2.16. The van der Waals surface area contributed by atoms with Crippen LogP contribution in [0.5, 0.6) is 11.5 Å². The van der Waals surface area contributed by atoms with E-state index in [1.807, 2.05) is 0 Å². The Morgan fingerprint density at radius 2 is 1.48 bits per heavy atom. The minimum atomic E-state index is -4.23. The van der Waals surface area contributed by atoms with Crippen LogP contribution in [-0.2, 0) is 10.1 Å². The van der Waals surface area contributed by atoms with Crippen molar-refractivity contribution < 1.29 is 21.8 Å². The molecule has 0 radical (unpaired) electrons. The molecule has 0 bridgehead atoms. The number of hydrogen-bond acceptors (Lipinski definition) is 6. The van der Waals surface area contributed by atoms with Gasteiger partial charge < -0.3 is 13.3 Å². The summed E-state index contributed by atoms with van der Waals surface area (Å²) in [5, 5.41) is 0.225. The predicted octanol–water partition coefficient (Wildman–Crippen LogP) is 4.24. The minimum absolute atomic E-state index is 0.0239.